The molecule has 0 atom stereocenters. The maximum Gasteiger partial charge on any atom is 0.311 e. The summed E-state index contributed by atoms with van der Waals surface area (Å²) in [4.78, 5) is 12.1. The second-order valence-corrected chi connectivity index (χ2v) is 8.23. The summed E-state index contributed by atoms with van der Waals surface area (Å²) in [6.07, 6.45) is 11.0. The molecular weight excluding hydrogens is 260 g/mol. The Morgan fingerprint density at radius 1 is 0.810 bits per heavy atom. The van der Waals surface area contributed by atoms with E-state index in [-0.39, 0.29) is 16.8 Å². The fourth-order valence-corrected chi connectivity index (χ4v) is 2.99. The van der Waals surface area contributed by atoms with Crippen LogP contribution in [0.4, 0.5) is 0 Å². The predicted octanol–water partition coefficient (Wildman–Crippen LogP) is 6.13. The molecule has 0 aliphatic rings. The lowest BCUT2D eigenvalue weighted by atomic mass is 9.76. The summed E-state index contributed by atoms with van der Waals surface area (Å²) in [5.74, 6) is -0.0413. The molecule has 2 heteroatoms. The normalized spacial score (nSPS) is 12.5. The minimum atomic E-state index is -0.377. The summed E-state index contributed by atoms with van der Waals surface area (Å²) >= 11 is 0. The van der Waals surface area contributed by atoms with Crippen LogP contribution in [0, 0.1) is 10.8 Å². The third kappa shape index (κ3) is 11.8. The van der Waals surface area contributed by atoms with Crippen LogP contribution in [0.3, 0.4) is 0 Å². The molecule has 0 rings (SSSR count). The zero-order valence-electron chi connectivity index (χ0n) is 15.4. The number of ether oxygens (including phenoxy) is 1. The van der Waals surface area contributed by atoms with E-state index in [1.807, 2.05) is 13.8 Å². The van der Waals surface area contributed by atoms with Crippen LogP contribution < -0.4 is 0 Å². The molecule has 0 aromatic carbocycles. The van der Waals surface area contributed by atoms with E-state index in [1.54, 1.807) is 0 Å². The second kappa shape index (κ2) is 10.2. The summed E-state index contributed by atoms with van der Waals surface area (Å²) in [6.45, 7) is 13.3. The number of rotatable bonds is 11. The molecule has 126 valence electrons. The van der Waals surface area contributed by atoms with E-state index in [0.717, 1.165) is 12.8 Å². The molecule has 0 saturated carbocycles. The molecular formula is C19H38O2. The number of carbonyl (C=O) groups is 1. The van der Waals surface area contributed by atoms with Gasteiger partial charge in [0.1, 0.15) is 0 Å². The van der Waals surface area contributed by atoms with Crippen LogP contribution in [-0.4, -0.2) is 12.6 Å². The van der Waals surface area contributed by atoms with Crippen molar-refractivity contribution in [3.63, 3.8) is 0 Å². The Kier molecular flexibility index (Phi) is 9.98. The highest BCUT2D eigenvalue weighted by Crippen LogP contribution is 2.34. The van der Waals surface area contributed by atoms with Crippen molar-refractivity contribution in [1.29, 1.82) is 0 Å². The molecule has 0 bridgehead atoms. The summed E-state index contributed by atoms with van der Waals surface area (Å²) in [7, 11) is 0. The van der Waals surface area contributed by atoms with Crippen LogP contribution in [-0.2, 0) is 9.53 Å². The monoisotopic (exact) mass is 298 g/mol. The third-order valence-corrected chi connectivity index (χ3v) is 3.76. The summed E-state index contributed by atoms with van der Waals surface area (Å²) in [5.41, 5.74) is -0.223. The van der Waals surface area contributed by atoms with Gasteiger partial charge in [0.25, 0.3) is 0 Å². The quantitative estimate of drug-likeness (QED) is 0.338. The molecule has 0 amide bonds. The van der Waals surface area contributed by atoms with Crippen molar-refractivity contribution >= 4 is 5.97 Å². The average Bonchev–Trinajstić information content (AvgIpc) is 2.33. The maximum absolute atomic E-state index is 12.1. The first-order chi connectivity index (χ1) is 9.69. The third-order valence-electron chi connectivity index (χ3n) is 3.76. The van der Waals surface area contributed by atoms with Gasteiger partial charge in [0.15, 0.2) is 0 Å². The van der Waals surface area contributed by atoms with E-state index in [4.69, 9.17) is 4.74 Å². The summed E-state index contributed by atoms with van der Waals surface area (Å²) < 4.78 is 5.46. The van der Waals surface area contributed by atoms with Crippen LogP contribution >= 0.6 is 0 Å². The fourth-order valence-electron chi connectivity index (χ4n) is 2.99. The minimum Gasteiger partial charge on any atom is -0.465 e. The van der Waals surface area contributed by atoms with Gasteiger partial charge in [-0.15, -0.1) is 0 Å². The lowest BCUT2D eigenvalue weighted by molar-refractivity contribution is -0.155. The van der Waals surface area contributed by atoms with Gasteiger partial charge in [-0.2, -0.15) is 0 Å². The van der Waals surface area contributed by atoms with Gasteiger partial charge in [0.05, 0.1) is 12.0 Å². The highest BCUT2D eigenvalue weighted by atomic mass is 16.5. The van der Waals surface area contributed by atoms with Gasteiger partial charge < -0.3 is 4.74 Å². The highest BCUT2D eigenvalue weighted by molar-refractivity contribution is 5.75. The van der Waals surface area contributed by atoms with Gasteiger partial charge >= 0.3 is 5.97 Å². The molecule has 0 aliphatic heterocycles. The van der Waals surface area contributed by atoms with Crippen LogP contribution in [0.15, 0.2) is 0 Å². The average molecular weight is 299 g/mol. The number of unbranched alkanes of at least 4 members (excludes halogenated alkanes) is 7. The molecule has 0 N–H and O–H groups in total. The van der Waals surface area contributed by atoms with Crippen molar-refractivity contribution < 1.29 is 9.53 Å². The molecule has 2 nitrogen and oxygen atoms in total. The smallest absolute Gasteiger partial charge is 0.311 e. The summed E-state index contributed by atoms with van der Waals surface area (Å²) in [6, 6.07) is 0. The maximum atomic E-state index is 12.1. The Hall–Kier alpha value is -0.530. The van der Waals surface area contributed by atoms with Crippen LogP contribution in [0.5, 0.6) is 0 Å². The van der Waals surface area contributed by atoms with Gasteiger partial charge in [-0.3, -0.25) is 4.79 Å². The largest absolute Gasteiger partial charge is 0.465 e. The van der Waals surface area contributed by atoms with E-state index in [9.17, 15) is 4.79 Å². The van der Waals surface area contributed by atoms with Crippen molar-refractivity contribution in [3.05, 3.63) is 0 Å². The Morgan fingerprint density at radius 2 is 1.29 bits per heavy atom. The molecule has 0 radical (unpaired) electrons. The van der Waals surface area contributed by atoms with E-state index < -0.39 is 0 Å². The Labute approximate surface area is 133 Å². The van der Waals surface area contributed by atoms with Crippen molar-refractivity contribution in [2.75, 3.05) is 6.61 Å². The van der Waals surface area contributed by atoms with Crippen molar-refractivity contribution in [2.24, 2.45) is 10.8 Å². The van der Waals surface area contributed by atoms with E-state index in [0.29, 0.717) is 6.61 Å². The molecule has 0 aromatic rings. The molecule has 0 spiro atoms. The fraction of sp³-hybridized carbons (Fsp3) is 0.947. The van der Waals surface area contributed by atoms with Crippen LogP contribution in [0.2, 0.25) is 0 Å². The highest BCUT2D eigenvalue weighted by Gasteiger charge is 2.33. The number of hydrogen-bond donors (Lipinski definition) is 0. The topological polar surface area (TPSA) is 26.3 Å². The second-order valence-electron chi connectivity index (χ2n) is 8.23. The van der Waals surface area contributed by atoms with E-state index in [1.165, 1.54) is 44.9 Å². The van der Waals surface area contributed by atoms with Gasteiger partial charge in [-0.1, -0.05) is 72.6 Å². The Balaban J connectivity index is 3.66. The number of hydrogen-bond acceptors (Lipinski definition) is 2. The van der Waals surface area contributed by atoms with E-state index in [2.05, 4.69) is 27.7 Å². The van der Waals surface area contributed by atoms with Gasteiger partial charge in [0.2, 0.25) is 0 Å². The Bertz CT molecular complexity index is 274. The van der Waals surface area contributed by atoms with E-state index >= 15 is 0 Å². The molecule has 0 fully saturated rings. The molecule has 0 unspecified atom stereocenters. The van der Waals surface area contributed by atoms with Crippen molar-refractivity contribution in [1.82, 2.24) is 0 Å². The lowest BCUT2D eigenvalue weighted by Gasteiger charge is -2.30. The molecule has 0 heterocycles. The van der Waals surface area contributed by atoms with Crippen LogP contribution in [0.25, 0.3) is 0 Å². The first-order valence-corrected chi connectivity index (χ1v) is 8.86. The SMILES string of the molecule is CCCCCCCCCCOC(=O)C(C)(C)CC(C)(C)C. The van der Waals surface area contributed by atoms with Gasteiger partial charge in [-0.25, -0.2) is 0 Å². The zero-order chi connectivity index (χ0) is 16.4. The Morgan fingerprint density at radius 3 is 1.76 bits per heavy atom. The lowest BCUT2D eigenvalue weighted by Crippen LogP contribution is -2.31. The van der Waals surface area contributed by atoms with Crippen molar-refractivity contribution in [2.45, 2.75) is 99.3 Å². The zero-order valence-corrected chi connectivity index (χ0v) is 15.4. The molecule has 0 aromatic heterocycles. The number of esters is 1. The van der Waals surface area contributed by atoms with Crippen LogP contribution in [0.1, 0.15) is 99.3 Å². The van der Waals surface area contributed by atoms with Gasteiger partial charge in [0, 0.05) is 0 Å². The minimum absolute atomic E-state index is 0.0413. The molecule has 21 heavy (non-hydrogen) atoms. The standard InChI is InChI=1S/C19H38O2/c1-7-8-9-10-11-12-13-14-15-21-17(20)19(5,6)16-18(2,3)4/h7-16H2,1-6H3. The first kappa shape index (κ1) is 20.5. The predicted molar refractivity (Wildman–Crippen MR) is 91.4 cm³/mol. The van der Waals surface area contributed by atoms with Gasteiger partial charge in [-0.05, 0) is 32.1 Å². The molecule has 0 saturated heterocycles. The first-order valence-electron chi connectivity index (χ1n) is 8.86. The van der Waals surface area contributed by atoms with Crippen molar-refractivity contribution in [3.8, 4) is 0 Å². The summed E-state index contributed by atoms with van der Waals surface area (Å²) in [5, 5.41) is 0. The number of carbonyl (C=O) groups excluding carboxylic acids is 1. The molecule has 0 aliphatic carbocycles.